The Morgan fingerprint density at radius 1 is 0.389 bits per heavy atom. The summed E-state index contributed by atoms with van der Waals surface area (Å²) in [5, 5.41) is 0. The SMILES string of the molecule is c1ccc(-c2c3c(c(-c4ccccc4)c(-c4ccccc4)c2-c2ccccc2)COCCCC3)cc1. The molecular weight excluding hydrogens is 436 g/mol. The maximum absolute atomic E-state index is 6.29. The molecule has 5 aromatic rings. The van der Waals surface area contributed by atoms with Crippen LogP contribution in [-0.4, -0.2) is 6.61 Å². The van der Waals surface area contributed by atoms with Crippen LogP contribution < -0.4 is 0 Å². The van der Waals surface area contributed by atoms with Gasteiger partial charge in [-0.2, -0.15) is 0 Å². The fraction of sp³-hybridized carbons (Fsp3) is 0.143. The molecular formula is C35H30O. The highest BCUT2D eigenvalue weighted by atomic mass is 16.5. The van der Waals surface area contributed by atoms with Gasteiger partial charge in [0.15, 0.2) is 0 Å². The molecule has 0 unspecified atom stereocenters. The molecule has 6 rings (SSSR count). The highest BCUT2D eigenvalue weighted by Crippen LogP contribution is 2.50. The van der Waals surface area contributed by atoms with E-state index in [1.165, 1.54) is 55.6 Å². The average Bonchev–Trinajstić information content (AvgIpc) is 2.94. The first-order chi connectivity index (χ1) is 17.9. The maximum atomic E-state index is 6.29. The smallest absolute Gasteiger partial charge is 0.0725 e. The fourth-order valence-electron chi connectivity index (χ4n) is 5.60. The summed E-state index contributed by atoms with van der Waals surface area (Å²) < 4.78 is 6.29. The normalized spacial score (nSPS) is 13.4. The Morgan fingerprint density at radius 2 is 0.778 bits per heavy atom. The van der Waals surface area contributed by atoms with E-state index in [4.69, 9.17) is 4.74 Å². The van der Waals surface area contributed by atoms with Crippen molar-refractivity contribution >= 4 is 0 Å². The zero-order valence-electron chi connectivity index (χ0n) is 20.5. The van der Waals surface area contributed by atoms with E-state index in [1.807, 2.05) is 0 Å². The summed E-state index contributed by atoms with van der Waals surface area (Å²) in [7, 11) is 0. The van der Waals surface area contributed by atoms with Crippen molar-refractivity contribution in [3.05, 3.63) is 132 Å². The van der Waals surface area contributed by atoms with Gasteiger partial charge in [-0.25, -0.2) is 0 Å². The zero-order valence-corrected chi connectivity index (χ0v) is 20.5. The number of fused-ring (bicyclic) bond motifs is 1. The van der Waals surface area contributed by atoms with E-state index in [0.717, 1.165) is 25.9 Å². The number of rotatable bonds is 4. The molecule has 0 aliphatic carbocycles. The molecule has 0 bridgehead atoms. The molecule has 36 heavy (non-hydrogen) atoms. The second-order valence-electron chi connectivity index (χ2n) is 9.43. The minimum Gasteiger partial charge on any atom is -0.377 e. The molecule has 0 radical (unpaired) electrons. The molecule has 1 aliphatic rings. The van der Waals surface area contributed by atoms with Gasteiger partial charge in [-0.05, 0) is 74.9 Å². The molecule has 0 atom stereocenters. The highest BCUT2D eigenvalue weighted by molar-refractivity contribution is 6.04. The first-order valence-electron chi connectivity index (χ1n) is 12.9. The average molecular weight is 467 g/mol. The van der Waals surface area contributed by atoms with Gasteiger partial charge < -0.3 is 4.74 Å². The zero-order chi connectivity index (χ0) is 24.2. The van der Waals surface area contributed by atoms with E-state index >= 15 is 0 Å². The monoisotopic (exact) mass is 466 g/mol. The van der Waals surface area contributed by atoms with Crippen LogP contribution in [0.3, 0.4) is 0 Å². The molecule has 0 N–H and O–H groups in total. The molecule has 0 saturated carbocycles. The maximum Gasteiger partial charge on any atom is 0.0725 e. The van der Waals surface area contributed by atoms with E-state index in [2.05, 4.69) is 121 Å². The van der Waals surface area contributed by atoms with Crippen LogP contribution in [0.5, 0.6) is 0 Å². The summed E-state index contributed by atoms with van der Waals surface area (Å²) in [4.78, 5) is 0. The van der Waals surface area contributed by atoms with Crippen LogP contribution in [0.2, 0.25) is 0 Å². The van der Waals surface area contributed by atoms with Crippen molar-refractivity contribution in [1.29, 1.82) is 0 Å². The number of ether oxygens (including phenoxy) is 1. The van der Waals surface area contributed by atoms with Crippen LogP contribution in [0, 0.1) is 0 Å². The van der Waals surface area contributed by atoms with Crippen LogP contribution in [0.25, 0.3) is 44.5 Å². The van der Waals surface area contributed by atoms with Gasteiger partial charge in [-0.15, -0.1) is 0 Å². The van der Waals surface area contributed by atoms with Crippen molar-refractivity contribution in [1.82, 2.24) is 0 Å². The summed E-state index contributed by atoms with van der Waals surface area (Å²) >= 11 is 0. The standard InChI is InChI=1S/C35H30O/c1-5-15-26(16-6-1)32-30-23-13-14-24-36-25-31(30)33(27-17-7-2-8-18-27)35(29-21-11-4-12-22-29)34(32)28-19-9-3-10-20-28/h1-12,15-22H,13-14,23-25H2. The third-order valence-electron chi connectivity index (χ3n) is 7.18. The van der Waals surface area contributed by atoms with Crippen LogP contribution in [0.4, 0.5) is 0 Å². The lowest BCUT2D eigenvalue weighted by Crippen LogP contribution is -2.11. The van der Waals surface area contributed by atoms with E-state index in [1.54, 1.807) is 0 Å². The van der Waals surface area contributed by atoms with Gasteiger partial charge in [0.25, 0.3) is 0 Å². The number of hydrogen-bond donors (Lipinski definition) is 0. The largest absolute Gasteiger partial charge is 0.377 e. The van der Waals surface area contributed by atoms with Crippen LogP contribution in [0.15, 0.2) is 121 Å². The van der Waals surface area contributed by atoms with E-state index in [0.29, 0.717) is 6.61 Å². The molecule has 1 heteroatoms. The first kappa shape index (κ1) is 22.5. The molecule has 0 aromatic heterocycles. The second kappa shape index (κ2) is 10.4. The Morgan fingerprint density at radius 3 is 1.22 bits per heavy atom. The van der Waals surface area contributed by atoms with Crippen molar-refractivity contribution in [2.75, 3.05) is 6.61 Å². The molecule has 0 fully saturated rings. The summed E-state index contributed by atoms with van der Waals surface area (Å²) in [5.74, 6) is 0. The van der Waals surface area contributed by atoms with Gasteiger partial charge >= 0.3 is 0 Å². The van der Waals surface area contributed by atoms with Gasteiger partial charge in [0, 0.05) is 6.61 Å². The Bertz CT molecular complexity index is 1330. The molecule has 5 aromatic carbocycles. The van der Waals surface area contributed by atoms with Crippen molar-refractivity contribution < 1.29 is 4.74 Å². The van der Waals surface area contributed by atoms with E-state index in [9.17, 15) is 0 Å². The first-order valence-corrected chi connectivity index (χ1v) is 12.9. The number of benzene rings is 5. The van der Waals surface area contributed by atoms with Crippen LogP contribution in [0.1, 0.15) is 24.0 Å². The lowest BCUT2D eigenvalue weighted by Gasteiger charge is -2.29. The van der Waals surface area contributed by atoms with Gasteiger partial charge in [-0.3, -0.25) is 0 Å². The Labute approximate surface area is 214 Å². The summed E-state index contributed by atoms with van der Waals surface area (Å²) in [6.07, 6.45) is 3.27. The summed E-state index contributed by atoms with van der Waals surface area (Å²) in [6.45, 7) is 1.45. The minimum atomic E-state index is 0.633. The topological polar surface area (TPSA) is 9.23 Å². The van der Waals surface area contributed by atoms with Crippen LogP contribution in [-0.2, 0) is 17.8 Å². The van der Waals surface area contributed by atoms with Crippen molar-refractivity contribution in [2.45, 2.75) is 25.9 Å². The van der Waals surface area contributed by atoms with Gasteiger partial charge in [0.2, 0.25) is 0 Å². The predicted molar refractivity (Wildman–Crippen MR) is 151 cm³/mol. The molecule has 0 spiro atoms. The quantitative estimate of drug-likeness (QED) is 0.256. The van der Waals surface area contributed by atoms with E-state index < -0.39 is 0 Å². The molecule has 1 nitrogen and oxygen atoms in total. The van der Waals surface area contributed by atoms with Crippen molar-refractivity contribution in [3.8, 4) is 44.5 Å². The second-order valence-corrected chi connectivity index (χ2v) is 9.43. The minimum absolute atomic E-state index is 0.633. The lowest BCUT2D eigenvalue weighted by molar-refractivity contribution is 0.113. The van der Waals surface area contributed by atoms with Crippen LogP contribution >= 0.6 is 0 Å². The summed E-state index contributed by atoms with van der Waals surface area (Å²) in [5.41, 5.74) is 13.0. The number of hydrogen-bond acceptors (Lipinski definition) is 1. The Kier molecular flexibility index (Phi) is 6.48. The van der Waals surface area contributed by atoms with Gasteiger partial charge in [0.1, 0.15) is 0 Å². The lowest BCUT2D eigenvalue weighted by atomic mass is 9.76. The third-order valence-corrected chi connectivity index (χ3v) is 7.18. The molecule has 0 saturated heterocycles. The predicted octanol–water partition coefficient (Wildman–Crippen LogP) is 9.21. The highest BCUT2D eigenvalue weighted by Gasteiger charge is 2.27. The molecule has 1 heterocycles. The van der Waals surface area contributed by atoms with Crippen molar-refractivity contribution in [3.63, 3.8) is 0 Å². The van der Waals surface area contributed by atoms with Gasteiger partial charge in [-0.1, -0.05) is 121 Å². The third kappa shape index (κ3) is 4.27. The molecule has 0 amide bonds. The molecule has 1 aliphatic heterocycles. The van der Waals surface area contributed by atoms with Gasteiger partial charge in [0.05, 0.1) is 6.61 Å². The molecule has 176 valence electrons. The fourth-order valence-corrected chi connectivity index (χ4v) is 5.60. The van der Waals surface area contributed by atoms with Crippen molar-refractivity contribution in [2.24, 2.45) is 0 Å². The Balaban J connectivity index is 1.84. The Hall–Kier alpha value is -3.94. The summed E-state index contributed by atoms with van der Waals surface area (Å²) in [6, 6.07) is 43.7. The van der Waals surface area contributed by atoms with E-state index in [-0.39, 0.29) is 0 Å².